The summed E-state index contributed by atoms with van der Waals surface area (Å²) in [5, 5.41) is 13.4. The van der Waals surface area contributed by atoms with Gasteiger partial charge in [-0.2, -0.15) is 5.10 Å². The molecule has 17 heavy (non-hydrogen) atoms. The van der Waals surface area contributed by atoms with Crippen LogP contribution in [0.1, 0.15) is 22.5 Å². The van der Waals surface area contributed by atoms with E-state index >= 15 is 0 Å². The van der Waals surface area contributed by atoms with Crippen molar-refractivity contribution in [3.8, 4) is 5.69 Å². The van der Waals surface area contributed by atoms with Crippen molar-refractivity contribution in [2.45, 2.75) is 27.4 Å². The highest BCUT2D eigenvalue weighted by Crippen LogP contribution is 2.19. The number of hydrogen-bond donors (Lipinski definition) is 1. The van der Waals surface area contributed by atoms with Gasteiger partial charge in [0.05, 0.1) is 18.0 Å². The van der Waals surface area contributed by atoms with Crippen LogP contribution in [-0.2, 0) is 6.61 Å². The molecule has 0 unspecified atom stereocenters. The molecule has 0 aliphatic carbocycles. The predicted molar refractivity (Wildman–Crippen MR) is 63.7 cm³/mol. The van der Waals surface area contributed by atoms with Crippen LogP contribution in [0.5, 0.6) is 0 Å². The Balaban J connectivity index is 2.59. The summed E-state index contributed by atoms with van der Waals surface area (Å²) in [6.45, 7) is 5.67. The Hall–Kier alpha value is -1.68. The Labute approximate surface area is 99.5 Å². The molecule has 0 amide bonds. The highest BCUT2D eigenvalue weighted by atomic mass is 19.1. The van der Waals surface area contributed by atoms with Gasteiger partial charge in [-0.3, -0.25) is 0 Å². The van der Waals surface area contributed by atoms with Gasteiger partial charge < -0.3 is 5.11 Å². The molecule has 2 aromatic rings. The van der Waals surface area contributed by atoms with Crippen molar-refractivity contribution < 1.29 is 9.50 Å². The smallest absolute Gasteiger partial charge is 0.125 e. The van der Waals surface area contributed by atoms with Crippen LogP contribution in [0.4, 0.5) is 4.39 Å². The second kappa shape index (κ2) is 4.30. The molecule has 0 spiro atoms. The molecule has 0 fully saturated rings. The fourth-order valence-corrected chi connectivity index (χ4v) is 1.82. The van der Waals surface area contributed by atoms with E-state index in [1.165, 1.54) is 12.1 Å². The molecule has 3 nitrogen and oxygen atoms in total. The van der Waals surface area contributed by atoms with Crippen molar-refractivity contribution in [3.63, 3.8) is 0 Å². The fraction of sp³-hybridized carbons (Fsp3) is 0.308. The highest BCUT2D eigenvalue weighted by molar-refractivity contribution is 5.39. The van der Waals surface area contributed by atoms with Crippen molar-refractivity contribution >= 4 is 0 Å². The average molecular weight is 234 g/mol. The topological polar surface area (TPSA) is 38.0 Å². The highest BCUT2D eigenvalue weighted by Gasteiger charge is 2.10. The zero-order valence-corrected chi connectivity index (χ0v) is 10.2. The molecule has 4 heteroatoms. The summed E-state index contributed by atoms with van der Waals surface area (Å²) in [4.78, 5) is 0. The van der Waals surface area contributed by atoms with Crippen molar-refractivity contribution in [3.05, 3.63) is 46.5 Å². The summed E-state index contributed by atoms with van der Waals surface area (Å²) in [5.74, 6) is -0.364. The minimum atomic E-state index is -0.364. The van der Waals surface area contributed by atoms with Crippen LogP contribution in [0, 0.1) is 26.6 Å². The molecule has 1 N–H and O–H groups in total. The third-order valence-electron chi connectivity index (χ3n) is 3.02. The number of benzene rings is 1. The average Bonchev–Trinajstić information content (AvgIpc) is 2.56. The van der Waals surface area contributed by atoms with E-state index in [0.29, 0.717) is 11.3 Å². The van der Waals surface area contributed by atoms with E-state index in [1.54, 1.807) is 10.7 Å². The number of aliphatic hydroxyl groups is 1. The zero-order valence-electron chi connectivity index (χ0n) is 10.2. The third-order valence-corrected chi connectivity index (χ3v) is 3.02. The molecule has 0 bridgehead atoms. The summed E-state index contributed by atoms with van der Waals surface area (Å²) >= 11 is 0. The number of aryl methyl sites for hydroxylation is 1. The molecule has 0 aliphatic rings. The minimum Gasteiger partial charge on any atom is -0.392 e. The maximum Gasteiger partial charge on any atom is 0.125 e. The van der Waals surface area contributed by atoms with E-state index in [4.69, 9.17) is 5.11 Å². The van der Waals surface area contributed by atoms with Crippen LogP contribution in [0.3, 0.4) is 0 Å². The number of hydrogen-bond acceptors (Lipinski definition) is 2. The Bertz CT molecular complexity index is 561. The van der Waals surface area contributed by atoms with E-state index in [1.807, 2.05) is 20.8 Å². The quantitative estimate of drug-likeness (QED) is 0.866. The molecule has 0 aliphatic heterocycles. The number of aromatic nitrogens is 2. The lowest BCUT2D eigenvalue weighted by Crippen LogP contribution is -2.01. The summed E-state index contributed by atoms with van der Waals surface area (Å²) in [5.41, 5.74) is 4.20. The van der Waals surface area contributed by atoms with Crippen LogP contribution < -0.4 is 0 Å². The number of nitrogens with zero attached hydrogens (tertiary/aromatic N) is 2. The number of halogens is 1. The van der Waals surface area contributed by atoms with Gasteiger partial charge in [-0.25, -0.2) is 9.07 Å². The van der Waals surface area contributed by atoms with Gasteiger partial charge in [0, 0.05) is 5.69 Å². The molecule has 0 radical (unpaired) electrons. The van der Waals surface area contributed by atoms with Crippen LogP contribution in [-0.4, -0.2) is 14.9 Å². The Morgan fingerprint density at radius 3 is 2.47 bits per heavy atom. The minimum absolute atomic E-state index is 0.178. The maximum atomic E-state index is 13.4. The third kappa shape index (κ3) is 2.08. The normalized spacial score (nSPS) is 10.9. The fourth-order valence-electron chi connectivity index (χ4n) is 1.82. The lowest BCUT2D eigenvalue weighted by Gasteiger charge is -2.07. The Kier molecular flexibility index (Phi) is 2.98. The van der Waals surface area contributed by atoms with Gasteiger partial charge in [-0.05, 0) is 50.1 Å². The van der Waals surface area contributed by atoms with Crippen molar-refractivity contribution in [1.82, 2.24) is 9.78 Å². The zero-order chi connectivity index (χ0) is 12.6. The van der Waals surface area contributed by atoms with Crippen LogP contribution in [0.15, 0.2) is 18.2 Å². The van der Waals surface area contributed by atoms with Gasteiger partial charge in [0.2, 0.25) is 0 Å². The van der Waals surface area contributed by atoms with Gasteiger partial charge in [-0.15, -0.1) is 0 Å². The lowest BCUT2D eigenvalue weighted by atomic mass is 10.2. The lowest BCUT2D eigenvalue weighted by molar-refractivity contribution is 0.281. The number of aliphatic hydroxyl groups excluding tert-OH is 1. The molecule has 0 saturated heterocycles. The van der Waals surface area contributed by atoms with Gasteiger partial charge in [0.25, 0.3) is 0 Å². The van der Waals surface area contributed by atoms with Gasteiger partial charge in [0.15, 0.2) is 0 Å². The van der Waals surface area contributed by atoms with E-state index in [-0.39, 0.29) is 12.4 Å². The molecule has 1 aromatic carbocycles. The van der Waals surface area contributed by atoms with E-state index in [0.717, 1.165) is 17.0 Å². The molecule has 2 rings (SSSR count). The van der Waals surface area contributed by atoms with E-state index < -0.39 is 0 Å². The van der Waals surface area contributed by atoms with Crippen LogP contribution in [0.25, 0.3) is 5.69 Å². The van der Waals surface area contributed by atoms with Crippen molar-refractivity contribution in [2.24, 2.45) is 0 Å². The van der Waals surface area contributed by atoms with Gasteiger partial charge >= 0.3 is 0 Å². The van der Waals surface area contributed by atoms with Gasteiger partial charge in [-0.1, -0.05) is 0 Å². The predicted octanol–water partition coefficient (Wildman–Crippen LogP) is 2.43. The van der Waals surface area contributed by atoms with Crippen molar-refractivity contribution in [2.75, 3.05) is 0 Å². The maximum absolute atomic E-state index is 13.4. The molecule has 90 valence electrons. The molecular formula is C13H15FN2O. The molecule has 1 aromatic heterocycles. The molecular weight excluding hydrogens is 219 g/mol. The first-order valence-electron chi connectivity index (χ1n) is 5.46. The summed E-state index contributed by atoms with van der Waals surface area (Å²) in [6.07, 6.45) is 0. The largest absolute Gasteiger partial charge is 0.392 e. The van der Waals surface area contributed by atoms with E-state index in [9.17, 15) is 4.39 Å². The molecule has 1 heterocycles. The SMILES string of the molecule is Cc1nn(-c2cc(F)cc(CO)c2)c(C)c1C. The van der Waals surface area contributed by atoms with Crippen LogP contribution in [0.2, 0.25) is 0 Å². The van der Waals surface area contributed by atoms with E-state index in [2.05, 4.69) is 5.10 Å². The van der Waals surface area contributed by atoms with Crippen LogP contribution >= 0.6 is 0 Å². The van der Waals surface area contributed by atoms with Crippen molar-refractivity contribution in [1.29, 1.82) is 0 Å². The number of rotatable bonds is 2. The monoisotopic (exact) mass is 234 g/mol. The Morgan fingerprint density at radius 1 is 1.24 bits per heavy atom. The first-order valence-corrected chi connectivity index (χ1v) is 5.46. The summed E-state index contributed by atoms with van der Waals surface area (Å²) in [6, 6.07) is 4.47. The summed E-state index contributed by atoms with van der Waals surface area (Å²) in [7, 11) is 0. The van der Waals surface area contributed by atoms with Gasteiger partial charge in [0.1, 0.15) is 5.82 Å². The molecule has 0 saturated carbocycles. The second-order valence-electron chi connectivity index (χ2n) is 4.18. The standard InChI is InChI=1S/C13H15FN2O/c1-8-9(2)15-16(10(8)3)13-5-11(7-17)4-12(14)6-13/h4-6,17H,7H2,1-3H3. The molecule has 0 atom stereocenters. The first kappa shape index (κ1) is 11.8. The Morgan fingerprint density at radius 2 is 1.94 bits per heavy atom. The first-order chi connectivity index (χ1) is 8.02. The second-order valence-corrected chi connectivity index (χ2v) is 4.18. The summed E-state index contributed by atoms with van der Waals surface area (Å²) < 4.78 is 15.1.